The van der Waals surface area contributed by atoms with E-state index >= 15 is 0 Å². The van der Waals surface area contributed by atoms with E-state index in [0.29, 0.717) is 11.8 Å². The smallest absolute Gasteiger partial charge is 0.160 e. The van der Waals surface area contributed by atoms with Crippen LogP contribution in [-0.4, -0.2) is 19.5 Å². The summed E-state index contributed by atoms with van der Waals surface area (Å²) in [5.41, 5.74) is -0.0656. The quantitative estimate of drug-likeness (QED) is 0.558. The first-order chi connectivity index (χ1) is 11.2. The molecule has 0 radical (unpaired) electrons. The topological polar surface area (TPSA) is 42.2 Å². The van der Waals surface area contributed by atoms with Crippen LogP contribution < -0.4 is 0 Å². The Balaban J connectivity index is 1.71. The van der Waals surface area contributed by atoms with Gasteiger partial charge in [0.2, 0.25) is 0 Å². The van der Waals surface area contributed by atoms with E-state index in [1.54, 1.807) is 0 Å². The summed E-state index contributed by atoms with van der Waals surface area (Å²) in [7, 11) is 0. The Kier molecular flexibility index (Phi) is 7.86. The maximum Gasteiger partial charge on any atom is 0.160 e. The molecule has 0 atom stereocenters. The molecule has 1 heterocycles. The molecule has 1 aliphatic heterocycles. The summed E-state index contributed by atoms with van der Waals surface area (Å²) >= 11 is 0. The van der Waals surface area contributed by atoms with Gasteiger partial charge in [-0.25, -0.2) is 0 Å². The molecule has 3 nitrogen and oxygen atoms in total. The lowest BCUT2D eigenvalue weighted by molar-refractivity contribution is -0.231. The van der Waals surface area contributed by atoms with Crippen LogP contribution in [-0.2, 0) is 9.47 Å². The Hall–Kier alpha value is -0.590. The van der Waals surface area contributed by atoms with Gasteiger partial charge in [0.25, 0.3) is 0 Å². The van der Waals surface area contributed by atoms with Crippen molar-refractivity contribution < 1.29 is 9.47 Å². The molecule has 0 spiro atoms. The van der Waals surface area contributed by atoms with E-state index in [1.807, 2.05) is 0 Å². The summed E-state index contributed by atoms with van der Waals surface area (Å²) in [5, 5.41) is 9.59. The summed E-state index contributed by atoms with van der Waals surface area (Å²) < 4.78 is 12.1. The SMILES string of the molecule is CCCCCC1COC([C@H]2CC[C@](C#N)(CCCC)CC2)OC1. The average Bonchev–Trinajstić information content (AvgIpc) is 2.61. The van der Waals surface area contributed by atoms with Crippen LogP contribution in [0, 0.1) is 28.6 Å². The van der Waals surface area contributed by atoms with Crippen molar-refractivity contribution >= 4 is 0 Å². The van der Waals surface area contributed by atoms with Crippen LogP contribution in [0.25, 0.3) is 0 Å². The minimum atomic E-state index is -0.0656. The van der Waals surface area contributed by atoms with E-state index in [0.717, 1.165) is 45.3 Å². The molecule has 3 heteroatoms. The molecule has 23 heavy (non-hydrogen) atoms. The Labute approximate surface area is 142 Å². The van der Waals surface area contributed by atoms with Gasteiger partial charge in [-0.3, -0.25) is 0 Å². The zero-order valence-corrected chi connectivity index (χ0v) is 15.2. The maximum atomic E-state index is 9.59. The van der Waals surface area contributed by atoms with Crippen molar-refractivity contribution in [2.45, 2.75) is 90.8 Å². The molecular formula is C20H35NO2. The fraction of sp³-hybridized carbons (Fsp3) is 0.950. The van der Waals surface area contributed by atoms with Crippen LogP contribution in [0.15, 0.2) is 0 Å². The third-order valence-corrected chi connectivity index (χ3v) is 5.83. The second-order valence-electron chi connectivity index (χ2n) is 7.73. The molecule has 0 aromatic heterocycles. The number of unbranched alkanes of at least 4 members (excludes halogenated alkanes) is 3. The van der Waals surface area contributed by atoms with Crippen molar-refractivity contribution in [1.82, 2.24) is 0 Å². The van der Waals surface area contributed by atoms with Crippen LogP contribution in [0.3, 0.4) is 0 Å². The second kappa shape index (κ2) is 9.64. The summed E-state index contributed by atoms with van der Waals surface area (Å²) in [6.07, 6.45) is 12.8. The highest BCUT2D eigenvalue weighted by molar-refractivity contribution is 5.01. The molecule has 1 saturated carbocycles. The van der Waals surface area contributed by atoms with Gasteiger partial charge >= 0.3 is 0 Å². The predicted octanol–water partition coefficient (Wildman–Crippen LogP) is 5.45. The lowest BCUT2D eigenvalue weighted by Crippen LogP contribution is -2.40. The molecule has 1 saturated heterocycles. The molecular weight excluding hydrogens is 286 g/mol. The monoisotopic (exact) mass is 321 g/mol. The minimum absolute atomic E-state index is 0.0136. The Bertz CT molecular complexity index is 360. The van der Waals surface area contributed by atoms with Crippen molar-refractivity contribution in [2.24, 2.45) is 17.3 Å². The average molecular weight is 322 g/mol. The Morgan fingerprint density at radius 1 is 1.00 bits per heavy atom. The Morgan fingerprint density at radius 3 is 2.22 bits per heavy atom. The number of nitrogens with zero attached hydrogens (tertiary/aromatic N) is 1. The van der Waals surface area contributed by atoms with Gasteiger partial charge in [0, 0.05) is 11.8 Å². The molecule has 0 bridgehead atoms. The van der Waals surface area contributed by atoms with E-state index in [9.17, 15) is 5.26 Å². The standard InChI is InChI=1S/C20H35NO2/c1-3-5-7-8-17-14-22-19(23-15-17)18-9-12-20(16-21,13-10-18)11-6-4-2/h17-19H,3-15H2,1-2H3/t17?,18-,19?,20+. The zero-order chi connectivity index (χ0) is 16.5. The van der Waals surface area contributed by atoms with E-state index < -0.39 is 0 Å². The molecule has 2 aliphatic rings. The van der Waals surface area contributed by atoms with Gasteiger partial charge in [-0.2, -0.15) is 5.26 Å². The molecule has 0 N–H and O–H groups in total. The zero-order valence-electron chi connectivity index (χ0n) is 15.2. The van der Waals surface area contributed by atoms with Crippen LogP contribution in [0.5, 0.6) is 0 Å². The molecule has 0 aromatic carbocycles. The van der Waals surface area contributed by atoms with E-state index in [-0.39, 0.29) is 11.7 Å². The van der Waals surface area contributed by atoms with Crippen molar-refractivity contribution in [1.29, 1.82) is 5.26 Å². The molecule has 132 valence electrons. The van der Waals surface area contributed by atoms with E-state index in [2.05, 4.69) is 19.9 Å². The third kappa shape index (κ3) is 5.47. The van der Waals surface area contributed by atoms with Gasteiger partial charge in [0.15, 0.2) is 6.29 Å². The summed E-state index contributed by atoms with van der Waals surface area (Å²) in [4.78, 5) is 0. The fourth-order valence-electron chi connectivity index (χ4n) is 4.08. The molecule has 1 aliphatic carbocycles. The first kappa shape index (κ1) is 18.7. The van der Waals surface area contributed by atoms with Crippen LogP contribution in [0.4, 0.5) is 0 Å². The first-order valence-corrected chi connectivity index (χ1v) is 9.87. The van der Waals surface area contributed by atoms with Gasteiger partial charge < -0.3 is 9.47 Å². The summed E-state index contributed by atoms with van der Waals surface area (Å²) in [5.74, 6) is 1.08. The highest BCUT2D eigenvalue weighted by Crippen LogP contribution is 2.44. The predicted molar refractivity (Wildman–Crippen MR) is 92.9 cm³/mol. The van der Waals surface area contributed by atoms with Gasteiger partial charge in [-0.05, 0) is 38.5 Å². The lowest BCUT2D eigenvalue weighted by Gasteiger charge is -2.40. The van der Waals surface area contributed by atoms with Crippen molar-refractivity contribution in [2.75, 3.05) is 13.2 Å². The number of nitriles is 1. The van der Waals surface area contributed by atoms with Gasteiger partial charge in [-0.15, -0.1) is 0 Å². The minimum Gasteiger partial charge on any atom is -0.352 e. The highest BCUT2D eigenvalue weighted by atomic mass is 16.7. The lowest BCUT2D eigenvalue weighted by atomic mass is 9.68. The van der Waals surface area contributed by atoms with Crippen LogP contribution in [0.2, 0.25) is 0 Å². The molecule has 0 unspecified atom stereocenters. The van der Waals surface area contributed by atoms with Gasteiger partial charge in [-0.1, -0.05) is 46.0 Å². The van der Waals surface area contributed by atoms with Gasteiger partial charge in [0.1, 0.15) is 0 Å². The largest absolute Gasteiger partial charge is 0.352 e. The third-order valence-electron chi connectivity index (χ3n) is 5.83. The molecule has 2 fully saturated rings. The normalized spacial score (nSPS) is 34.9. The van der Waals surface area contributed by atoms with E-state index in [4.69, 9.17) is 9.47 Å². The molecule has 0 amide bonds. The van der Waals surface area contributed by atoms with Crippen molar-refractivity contribution in [3.63, 3.8) is 0 Å². The number of hydrogen-bond donors (Lipinski definition) is 0. The highest BCUT2D eigenvalue weighted by Gasteiger charge is 2.39. The van der Waals surface area contributed by atoms with Crippen LogP contribution >= 0.6 is 0 Å². The number of rotatable bonds is 8. The number of hydrogen-bond acceptors (Lipinski definition) is 3. The van der Waals surface area contributed by atoms with Crippen molar-refractivity contribution in [3.05, 3.63) is 0 Å². The summed E-state index contributed by atoms with van der Waals surface area (Å²) in [6.45, 7) is 6.18. The van der Waals surface area contributed by atoms with E-state index in [1.165, 1.54) is 38.5 Å². The fourth-order valence-corrected chi connectivity index (χ4v) is 4.08. The Morgan fingerprint density at radius 2 is 1.65 bits per heavy atom. The summed E-state index contributed by atoms with van der Waals surface area (Å²) in [6, 6.07) is 2.63. The van der Waals surface area contributed by atoms with Gasteiger partial charge in [0.05, 0.1) is 24.7 Å². The van der Waals surface area contributed by atoms with Crippen LogP contribution in [0.1, 0.15) is 84.5 Å². The molecule has 2 rings (SSSR count). The number of ether oxygens (including phenoxy) is 2. The first-order valence-electron chi connectivity index (χ1n) is 9.87. The molecule has 0 aromatic rings. The maximum absolute atomic E-state index is 9.59. The second-order valence-corrected chi connectivity index (χ2v) is 7.73. The van der Waals surface area contributed by atoms with Crippen molar-refractivity contribution in [3.8, 4) is 6.07 Å².